The van der Waals surface area contributed by atoms with E-state index in [1.807, 2.05) is 20.8 Å². The van der Waals surface area contributed by atoms with Crippen molar-refractivity contribution in [2.45, 2.75) is 25.7 Å². The van der Waals surface area contributed by atoms with Gasteiger partial charge in [-0.15, -0.1) is 0 Å². The maximum absolute atomic E-state index is 11.8. The van der Waals surface area contributed by atoms with Crippen LogP contribution in [-0.4, -0.2) is 13.4 Å². The molecule has 19 heavy (non-hydrogen) atoms. The minimum absolute atomic E-state index is 0. The van der Waals surface area contributed by atoms with Crippen LogP contribution in [0.2, 0.25) is 0 Å². The Labute approximate surface area is 140 Å². The van der Waals surface area contributed by atoms with E-state index in [0.717, 1.165) is 5.56 Å². The van der Waals surface area contributed by atoms with Gasteiger partial charge in [-0.05, 0) is 24.4 Å². The second-order valence-corrected chi connectivity index (χ2v) is 5.67. The van der Waals surface area contributed by atoms with Crippen LogP contribution in [0.25, 0.3) is 4.72 Å². The minimum atomic E-state index is -3.63. The summed E-state index contributed by atoms with van der Waals surface area (Å²) in [7, 11) is -3.63. The summed E-state index contributed by atoms with van der Waals surface area (Å²) in [6.45, 7) is 5.90. The van der Waals surface area contributed by atoms with Crippen molar-refractivity contribution in [2.24, 2.45) is 0 Å². The molecule has 0 saturated heterocycles. The molecule has 0 atom stereocenters. The Morgan fingerprint density at radius 2 is 1.74 bits per heavy atom. The van der Waals surface area contributed by atoms with Gasteiger partial charge in [0.2, 0.25) is 10.0 Å². The van der Waals surface area contributed by atoms with Gasteiger partial charge in [-0.2, -0.15) is 11.3 Å². The molecule has 0 spiro atoms. The molecule has 0 bridgehead atoms. The summed E-state index contributed by atoms with van der Waals surface area (Å²) < 4.78 is 27.3. The number of rotatable bonds is 3. The molecule has 0 amide bonds. The number of benzene rings is 1. The minimum Gasteiger partial charge on any atom is -0.433 e. The normalized spacial score (nSPS) is 9.84. The van der Waals surface area contributed by atoms with Crippen LogP contribution < -0.4 is 29.6 Å². The fraction of sp³-hybridized carbons (Fsp3) is 0.250. The molecule has 0 aliphatic rings. The molecule has 1 aromatic carbocycles. The van der Waals surface area contributed by atoms with Crippen LogP contribution in [0.15, 0.2) is 40.7 Å². The molecule has 0 fully saturated rings. The van der Waals surface area contributed by atoms with E-state index < -0.39 is 10.0 Å². The summed E-state index contributed by atoms with van der Waals surface area (Å²) in [5.74, 6) is 0. The van der Waals surface area contributed by atoms with E-state index in [0.29, 0.717) is 0 Å². The average molecular weight is 306 g/mol. The van der Waals surface area contributed by atoms with Crippen molar-refractivity contribution in [1.29, 1.82) is 0 Å². The average Bonchev–Trinajstić information content (AvgIpc) is 2.84. The second-order valence-electron chi connectivity index (χ2n) is 3.19. The first-order valence-corrected chi connectivity index (χ1v) is 7.84. The molecule has 0 aliphatic heterocycles. The molecule has 2 rings (SSSR count). The molecule has 7 heteroatoms. The molecule has 0 unspecified atom stereocenters. The van der Waals surface area contributed by atoms with E-state index in [1.165, 1.54) is 17.5 Å². The van der Waals surface area contributed by atoms with Gasteiger partial charge in [-0.1, -0.05) is 37.7 Å². The van der Waals surface area contributed by atoms with E-state index >= 15 is 0 Å². The molecule has 2 aromatic rings. The zero-order valence-electron chi connectivity index (χ0n) is 11.5. The summed E-state index contributed by atoms with van der Waals surface area (Å²) >= 11 is 1.19. The Morgan fingerprint density at radius 3 is 2.21 bits per heavy atom. The van der Waals surface area contributed by atoms with E-state index in [-0.39, 0.29) is 39.6 Å². The third-order valence-electron chi connectivity index (χ3n) is 1.94. The molecule has 0 radical (unpaired) electrons. The fourth-order valence-corrected chi connectivity index (χ4v) is 2.80. The van der Waals surface area contributed by atoms with Crippen molar-refractivity contribution in [3.05, 3.63) is 46.1 Å². The monoisotopic (exact) mass is 306 g/mol. The molecule has 0 saturated carbocycles. The summed E-state index contributed by atoms with van der Waals surface area (Å²) in [5, 5.41) is 1.93. The predicted octanol–water partition coefficient (Wildman–Crippen LogP) is 0.876. The molecule has 0 N–H and O–H groups in total. The Balaban J connectivity index is 0.00000103. The molecular formula is C12H15N2NaO2S2. The quantitative estimate of drug-likeness (QED) is 0.791. The van der Waals surface area contributed by atoms with E-state index in [9.17, 15) is 8.42 Å². The zero-order valence-corrected chi connectivity index (χ0v) is 15.1. The Hall–Kier alpha value is -0.400. The van der Waals surface area contributed by atoms with Gasteiger partial charge >= 0.3 is 29.6 Å². The summed E-state index contributed by atoms with van der Waals surface area (Å²) in [5.41, 5.74) is 1.01. The smallest absolute Gasteiger partial charge is 0.433 e. The van der Waals surface area contributed by atoms with E-state index in [4.69, 9.17) is 0 Å². The first-order chi connectivity index (χ1) is 8.58. The van der Waals surface area contributed by atoms with Crippen molar-refractivity contribution in [3.8, 4) is 0 Å². The standard InChI is InChI=1S/C10H9N2O2S2.C2H6.Na/c1-8-2-4-9(5-3-8)16(13,14)12-10-11-6-7-15-10;1-2;/h2-7H,1H3;1-2H3;/q-1;;+1. The van der Waals surface area contributed by atoms with Gasteiger partial charge in [0.15, 0.2) is 0 Å². The van der Waals surface area contributed by atoms with Crippen molar-refractivity contribution < 1.29 is 38.0 Å². The third-order valence-corrected chi connectivity index (χ3v) is 4.00. The third kappa shape index (κ3) is 5.62. The largest absolute Gasteiger partial charge is 1.00 e. The number of aryl methyl sites for hydroxylation is 1. The van der Waals surface area contributed by atoms with Crippen molar-refractivity contribution in [1.82, 2.24) is 4.98 Å². The maximum atomic E-state index is 11.8. The topological polar surface area (TPSA) is 61.1 Å². The predicted molar refractivity (Wildman–Crippen MR) is 74.8 cm³/mol. The molecular weight excluding hydrogens is 291 g/mol. The summed E-state index contributed by atoms with van der Waals surface area (Å²) in [6, 6.07) is 6.57. The Morgan fingerprint density at radius 1 is 1.16 bits per heavy atom. The van der Waals surface area contributed by atoms with Crippen LogP contribution in [0.1, 0.15) is 19.4 Å². The van der Waals surface area contributed by atoms with Crippen LogP contribution in [-0.2, 0) is 10.0 Å². The van der Waals surface area contributed by atoms with Gasteiger partial charge in [0, 0.05) is 5.13 Å². The first-order valence-electron chi connectivity index (χ1n) is 5.52. The van der Waals surface area contributed by atoms with E-state index in [1.54, 1.807) is 29.6 Å². The first kappa shape index (κ1) is 18.6. The summed E-state index contributed by atoms with van der Waals surface area (Å²) in [6.07, 6.45) is 1.52. The SMILES string of the molecule is CC.Cc1ccc(S(=O)(=O)[N-]c2nccs2)cc1.[Na+]. The van der Waals surface area contributed by atoms with Gasteiger partial charge in [-0.3, -0.25) is 0 Å². The number of hydrogen-bond donors (Lipinski definition) is 0. The fourth-order valence-electron chi connectivity index (χ4n) is 1.13. The number of thiazole rings is 1. The molecule has 98 valence electrons. The Kier molecular flexibility index (Phi) is 8.52. The zero-order chi connectivity index (χ0) is 13.6. The number of sulfonamides is 1. The van der Waals surface area contributed by atoms with Gasteiger partial charge in [0.1, 0.15) is 0 Å². The van der Waals surface area contributed by atoms with Gasteiger partial charge in [-0.25, -0.2) is 8.42 Å². The maximum Gasteiger partial charge on any atom is 1.00 e. The van der Waals surface area contributed by atoms with Crippen molar-refractivity contribution in [3.63, 3.8) is 0 Å². The van der Waals surface area contributed by atoms with Crippen LogP contribution >= 0.6 is 11.3 Å². The number of aromatic nitrogens is 1. The molecule has 1 aromatic heterocycles. The number of hydrogen-bond acceptors (Lipinski definition) is 4. The van der Waals surface area contributed by atoms with Crippen molar-refractivity contribution >= 4 is 26.5 Å². The van der Waals surface area contributed by atoms with Gasteiger partial charge < -0.3 is 9.71 Å². The van der Waals surface area contributed by atoms with Gasteiger partial charge in [0.25, 0.3) is 0 Å². The molecule has 4 nitrogen and oxygen atoms in total. The van der Waals surface area contributed by atoms with Crippen LogP contribution in [0.3, 0.4) is 0 Å². The number of nitrogens with zero attached hydrogens (tertiary/aromatic N) is 2. The second kappa shape index (κ2) is 8.71. The Bertz CT molecular complexity index is 566. The molecule has 1 heterocycles. The molecule has 0 aliphatic carbocycles. The van der Waals surface area contributed by atoms with Crippen LogP contribution in [0.5, 0.6) is 0 Å². The van der Waals surface area contributed by atoms with Gasteiger partial charge in [0.05, 0.1) is 4.90 Å². The van der Waals surface area contributed by atoms with Crippen LogP contribution in [0, 0.1) is 6.92 Å². The summed E-state index contributed by atoms with van der Waals surface area (Å²) in [4.78, 5) is 4.01. The van der Waals surface area contributed by atoms with Crippen molar-refractivity contribution in [2.75, 3.05) is 0 Å². The van der Waals surface area contributed by atoms with E-state index in [2.05, 4.69) is 9.71 Å². The van der Waals surface area contributed by atoms with Crippen LogP contribution in [0.4, 0.5) is 5.13 Å².